The fourth-order valence-electron chi connectivity index (χ4n) is 2.84. The van der Waals surface area contributed by atoms with E-state index >= 15 is 0 Å². The number of nitrogens with two attached hydrogens (primary N) is 1. The molecule has 1 atom stereocenters. The largest absolute Gasteiger partial charge is 0.325 e. The van der Waals surface area contributed by atoms with Gasteiger partial charge in [-0.05, 0) is 30.4 Å². The van der Waals surface area contributed by atoms with Crippen molar-refractivity contribution in [2.75, 3.05) is 0 Å². The summed E-state index contributed by atoms with van der Waals surface area (Å²) in [5.74, 6) is 0.934. The van der Waals surface area contributed by atoms with Gasteiger partial charge in [0.25, 0.3) is 5.56 Å². The molecule has 0 saturated heterocycles. The first kappa shape index (κ1) is 12.1. The van der Waals surface area contributed by atoms with Gasteiger partial charge in [0.2, 0.25) is 0 Å². The van der Waals surface area contributed by atoms with E-state index in [0.717, 1.165) is 25.1 Å². The molecular weight excluding hydrogens is 238 g/mol. The minimum atomic E-state index is -0.117. The Morgan fingerprint density at radius 2 is 2.21 bits per heavy atom. The van der Waals surface area contributed by atoms with E-state index in [1.807, 2.05) is 6.07 Å². The minimum absolute atomic E-state index is 0.117. The molecule has 1 aromatic heterocycles. The molecule has 0 aliphatic heterocycles. The van der Waals surface area contributed by atoms with E-state index in [1.165, 1.54) is 17.2 Å². The number of H-pyrrole nitrogens is 1. The van der Waals surface area contributed by atoms with Gasteiger partial charge in [0, 0.05) is 18.5 Å². The molecule has 3 rings (SSSR count). The monoisotopic (exact) mass is 255 g/mol. The third kappa shape index (κ3) is 2.31. The predicted octanol–water partition coefficient (Wildman–Crippen LogP) is 1.70. The standard InChI is InChI=1S/C15H17N3O/c16-9-11-8-14(19)18-15(17-11)13-7-3-5-10-4-1-2-6-12(10)13/h1-2,4,6,8,13H,3,5,7,9,16H2,(H,17,18,19). The molecule has 0 bridgehead atoms. The van der Waals surface area contributed by atoms with Gasteiger partial charge in [-0.2, -0.15) is 0 Å². The first-order valence-electron chi connectivity index (χ1n) is 6.66. The van der Waals surface area contributed by atoms with Crippen molar-refractivity contribution >= 4 is 0 Å². The average molecular weight is 255 g/mol. The number of aromatic nitrogens is 2. The summed E-state index contributed by atoms with van der Waals surface area (Å²) in [5.41, 5.74) is 8.78. The number of aryl methyl sites for hydroxylation is 1. The summed E-state index contributed by atoms with van der Waals surface area (Å²) in [4.78, 5) is 19.0. The predicted molar refractivity (Wildman–Crippen MR) is 74.0 cm³/mol. The third-order valence-corrected chi connectivity index (χ3v) is 3.72. The maximum Gasteiger partial charge on any atom is 0.251 e. The molecule has 1 heterocycles. The van der Waals surface area contributed by atoms with Crippen molar-refractivity contribution in [3.63, 3.8) is 0 Å². The van der Waals surface area contributed by atoms with Crippen molar-refractivity contribution in [3.05, 3.63) is 63.3 Å². The molecule has 98 valence electrons. The van der Waals surface area contributed by atoms with Crippen LogP contribution in [0.15, 0.2) is 35.1 Å². The lowest BCUT2D eigenvalue weighted by Crippen LogP contribution is -2.20. The van der Waals surface area contributed by atoms with E-state index in [-0.39, 0.29) is 11.5 Å². The number of nitrogens with zero attached hydrogens (tertiary/aromatic N) is 1. The summed E-state index contributed by atoms with van der Waals surface area (Å²) in [7, 11) is 0. The van der Waals surface area contributed by atoms with E-state index in [0.29, 0.717) is 12.2 Å². The average Bonchev–Trinajstić information content (AvgIpc) is 2.46. The summed E-state index contributed by atoms with van der Waals surface area (Å²) < 4.78 is 0. The van der Waals surface area contributed by atoms with E-state index in [4.69, 9.17) is 5.73 Å². The zero-order valence-corrected chi connectivity index (χ0v) is 10.7. The second-order valence-electron chi connectivity index (χ2n) is 4.97. The molecule has 0 radical (unpaired) electrons. The van der Waals surface area contributed by atoms with Crippen molar-refractivity contribution < 1.29 is 0 Å². The van der Waals surface area contributed by atoms with E-state index in [9.17, 15) is 4.79 Å². The molecule has 2 aromatic rings. The number of fused-ring (bicyclic) bond motifs is 1. The highest BCUT2D eigenvalue weighted by Crippen LogP contribution is 2.34. The Morgan fingerprint density at radius 3 is 3.05 bits per heavy atom. The van der Waals surface area contributed by atoms with Crippen LogP contribution in [0.25, 0.3) is 0 Å². The summed E-state index contributed by atoms with van der Waals surface area (Å²) >= 11 is 0. The van der Waals surface area contributed by atoms with Crippen molar-refractivity contribution in [2.45, 2.75) is 31.7 Å². The number of hydrogen-bond acceptors (Lipinski definition) is 3. The second-order valence-corrected chi connectivity index (χ2v) is 4.97. The number of nitrogens with one attached hydrogen (secondary N) is 1. The van der Waals surface area contributed by atoms with Gasteiger partial charge in [-0.15, -0.1) is 0 Å². The van der Waals surface area contributed by atoms with Crippen LogP contribution in [0.4, 0.5) is 0 Å². The summed E-state index contributed by atoms with van der Waals surface area (Å²) in [5, 5.41) is 0. The lowest BCUT2D eigenvalue weighted by molar-refractivity contribution is 0.585. The van der Waals surface area contributed by atoms with Gasteiger partial charge >= 0.3 is 0 Å². The molecule has 1 unspecified atom stereocenters. The van der Waals surface area contributed by atoms with Gasteiger partial charge in [0.05, 0.1) is 5.69 Å². The Balaban J connectivity index is 2.08. The fourth-order valence-corrected chi connectivity index (χ4v) is 2.84. The van der Waals surface area contributed by atoms with Gasteiger partial charge in [0.1, 0.15) is 5.82 Å². The lowest BCUT2D eigenvalue weighted by Gasteiger charge is -2.24. The van der Waals surface area contributed by atoms with Gasteiger partial charge in [-0.25, -0.2) is 4.98 Å². The zero-order chi connectivity index (χ0) is 13.2. The molecule has 1 aliphatic rings. The number of hydrogen-bond donors (Lipinski definition) is 2. The Kier molecular flexibility index (Phi) is 3.17. The van der Waals surface area contributed by atoms with E-state index < -0.39 is 0 Å². The molecule has 0 saturated carbocycles. The van der Waals surface area contributed by atoms with Crippen molar-refractivity contribution in [2.24, 2.45) is 5.73 Å². The topological polar surface area (TPSA) is 71.8 Å². The molecule has 19 heavy (non-hydrogen) atoms. The summed E-state index contributed by atoms with van der Waals surface area (Å²) in [6.45, 7) is 0.297. The highest BCUT2D eigenvalue weighted by atomic mass is 16.1. The van der Waals surface area contributed by atoms with Gasteiger partial charge < -0.3 is 10.7 Å². The quantitative estimate of drug-likeness (QED) is 0.858. The van der Waals surface area contributed by atoms with Crippen molar-refractivity contribution in [1.82, 2.24) is 9.97 Å². The minimum Gasteiger partial charge on any atom is -0.325 e. The van der Waals surface area contributed by atoms with Crippen LogP contribution in [-0.4, -0.2) is 9.97 Å². The normalized spacial score (nSPS) is 18.1. The van der Waals surface area contributed by atoms with E-state index in [1.54, 1.807) is 0 Å². The van der Waals surface area contributed by atoms with Gasteiger partial charge in [-0.3, -0.25) is 4.79 Å². The van der Waals surface area contributed by atoms with Crippen LogP contribution in [-0.2, 0) is 13.0 Å². The molecule has 4 nitrogen and oxygen atoms in total. The van der Waals surface area contributed by atoms with Crippen LogP contribution in [0.1, 0.15) is 41.4 Å². The molecule has 1 aromatic carbocycles. The number of aromatic amines is 1. The Bertz CT molecular complexity index is 648. The molecule has 0 fully saturated rings. The van der Waals surface area contributed by atoms with Crippen molar-refractivity contribution in [1.29, 1.82) is 0 Å². The maximum absolute atomic E-state index is 11.7. The first-order chi connectivity index (χ1) is 9.28. The fraction of sp³-hybridized carbons (Fsp3) is 0.333. The summed E-state index contributed by atoms with van der Waals surface area (Å²) in [6, 6.07) is 9.87. The smallest absolute Gasteiger partial charge is 0.251 e. The number of benzene rings is 1. The van der Waals surface area contributed by atoms with Crippen LogP contribution >= 0.6 is 0 Å². The van der Waals surface area contributed by atoms with Crippen LogP contribution in [0, 0.1) is 0 Å². The zero-order valence-electron chi connectivity index (χ0n) is 10.7. The van der Waals surface area contributed by atoms with Crippen LogP contribution in [0.3, 0.4) is 0 Å². The van der Waals surface area contributed by atoms with Gasteiger partial charge in [0.15, 0.2) is 0 Å². The Hall–Kier alpha value is -1.94. The Labute approximate surface area is 111 Å². The highest BCUT2D eigenvalue weighted by molar-refractivity contribution is 5.36. The first-order valence-corrected chi connectivity index (χ1v) is 6.66. The molecule has 1 aliphatic carbocycles. The lowest BCUT2D eigenvalue weighted by atomic mass is 9.82. The summed E-state index contributed by atoms with van der Waals surface area (Å²) in [6.07, 6.45) is 3.25. The highest BCUT2D eigenvalue weighted by Gasteiger charge is 2.23. The van der Waals surface area contributed by atoms with Gasteiger partial charge in [-0.1, -0.05) is 24.3 Å². The molecule has 0 spiro atoms. The Morgan fingerprint density at radius 1 is 1.37 bits per heavy atom. The SMILES string of the molecule is NCc1cc(=O)[nH]c(C2CCCc3ccccc32)n1. The van der Waals surface area contributed by atoms with E-state index in [2.05, 4.69) is 28.2 Å². The van der Waals surface area contributed by atoms with Crippen molar-refractivity contribution in [3.8, 4) is 0 Å². The third-order valence-electron chi connectivity index (χ3n) is 3.72. The van der Waals surface area contributed by atoms with Crippen LogP contribution in [0.5, 0.6) is 0 Å². The molecule has 0 amide bonds. The van der Waals surface area contributed by atoms with Crippen LogP contribution < -0.4 is 11.3 Å². The second kappa shape index (κ2) is 4.97. The molecule has 4 heteroatoms. The molecule has 3 N–H and O–H groups in total. The molecular formula is C15H17N3O. The maximum atomic E-state index is 11.7. The number of rotatable bonds is 2. The van der Waals surface area contributed by atoms with Crippen LogP contribution in [0.2, 0.25) is 0 Å².